The van der Waals surface area contributed by atoms with Crippen molar-refractivity contribution >= 4 is 50.9 Å². The van der Waals surface area contributed by atoms with Gasteiger partial charge in [0.05, 0.1) is 44.2 Å². The fourth-order valence-electron chi connectivity index (χ4n) is 11.4. The summed E-state index contributed by atoms with van der Waals surface area (Å²) in [5.74, 6) is 1.75. The van der Waals surface area contributed by atoms with E-state index in [1.165, 1.54) is 110 Å². The third kappa shape index (κ3) is 11.3. The number of nitrogens with zero attached hydrogens (tertiary/aromatic N) is 9. The highest BCUT2D eigenvalue weighted by Gasteiger charge is 2.33. The minimum atomic E-state index is -0.593. The normalized spacial score (nSPS) is 19.6. The van der Waals surface area contributed by atoms with Crippen molar-refractivity contribution < 1.29 is 19.8 Å². The first-order valence-electron chi connectivity index (χ1n) is 26.7. The standard InChI is InChI=1S/C28H35N5O2.C18H16ClN3O2.C10H20N2/c34-19-25(35)23-17-24(32-15-11-20(12-16-32)18-31-13-4-5-14-31)26-27(21-7-6-8-21)30-33(28(26)29-23)22-9-2-1-3-10-22;19-13-9-14(15(24)10-23)20-18-16(13)17(11-5-4-6-11)21-22(18)12-7-2-1-3-8-12;1-2-8-12(7-1)9-10-3-5-11-6-4-10/h1-3,9-10,17,20-21,34H,4-8,11-16,18-19H2;1-3,7-9,11,23H,4-6,10H2;10-11H,1-9H2. The molecule has 6 aliphatic rings. The second-order valence-electron chi connectivity index (χ2n) is 20.7. The highest BCUT2D eigenvalue weighted by atomic mass is 35.5. The van der Waals surface area contributed by atoms with E-state index < -0.39 is 19.0 Å². The Labute approximate surface area is 422 Å². The Morgan fingerprint density at radius 1 is 0.563 bits per heavy atom. The van der Waals surface area contributed by atoms with E-state index >= 15 is 0 Å². The molecule has 8 heterocycles. The molecule has 0 radical (unpaired) electrons. The highest BCUT2D eigenvalue weighted by molar-refractivity contribution is 6.36. The molecule has 15 heteroatoms. The summed E-state index contributed by atoms with van der Waals surface area (Å²) in [4.78, 5) is 41.4. The summed E-state index contributed by atoms with van der Waals surface area (Å²) in [5, 5.41) is 34.4. The fraction of sp³-hybridized carbons (Fsp3) is 0.536. The van der Waals surface area contributed by atoms with Crippen LogP contribution < -0.4 is 10.2 Å². The molecule has 376 valence electrons. The average Bonchev–Trinajstić information content (AvgIpc) is 4.23. The van der Waals surface area contributed by atoms with E-state index in [0.717, 1.165) is 108 Å². The Bertz CT molecular complexity index is 2730. The number of pyridine rings is 2. The first-order chi connectivity index (χ1) is 34.8. The van der Waals surface area contributed by atoms with E-state index in [0.29, 0.717) is 28.2 Å². The number of aliphatic hydroxyl groups is 2. The minimum absolute atomic E-state index is 0.159. The molecule has 2 aromatic carbocycles. The summed E-state index contributed by atoms with van der Waals surface area (Å²) >= 11 is 6.47. The summed E-state index contributed by atoms with van der Waals surface area (Å²) in [6, 6.07) is 23.2. The molecule has 14 nitrogen and oxygen atoms in total. The number of ketones is 2. The Balaban J connectivity index is 0.000000139. The molecule has 4 saturated heterocycles. The van der Waals surface area contributed by atoms with Gasteiger partial charge in [0.25, 0.3) is 0 Å². The third-order valence-electron chi connectivity index (χ3n) is 15.9. The van der Waals surface area contributed by atoms with Crippen LogP contribution in [0.3, 0.4) is 0 Å². The van der Waals surface area contributed by atoms with Gasteiger partial charge in [-0.25, -0.2) is 19.3 Å². The van der Waals surface area contributed by atoms with Crippen molar-refractivity contribution in [2.75, 3.05) is 83.6 Å². The van der Waals surface area contributed by atoms with Crippen molar-refractivity contribution in [3.63, 3.8) is 0 Å². The summed E-state index contributed by atoms with van der Waals surface area (Å²) in [6.45, 7) is 11.1. The predicted molar refractivity (Wildman–Crippen MR) is 281 cm³/mol. The van der Waals surface area contributed by atoms with Crippen molar-refractivity contribution in [2.24, 2.45) is 11.8 Å². The lowest BCUT2D eigenvalue weighted by Gasteiger charge is -2.36. The van der Waals surface area contributed by atoms with Crippen molar-refractivity contribution in [3.05, 3.63) is 101 Å². The number of carbonyl (C=O) groups is 2. The molecule has 3 N–H and O–H groups in total. The van der Waals surface area contributed by atoms with Gasteiger partial charge in [0, 0.05) is 38.0 Å². The van der Waals surface area contributed by atoms with Gasteiger partial charge in [-0.15, -0.1) is 0 Å². The number of rotatable bonds is 13. The maximum atomic E-state index is 12.6. The van der Waals surface area contributed by atoms with Crippen LogP contribution >= 0.6 is 11.6 Å². The Kier molecular flexibility index (Phi) is 16.2. The number of para-hydroxylation sites is 2. The molecule has 6 aromatic rings. The molecule has 2 aliphatic carbocycles. The maximum Gasteiger partial charge on any atom is 0.206 e. The van der Waals surface area contributed by atoms with Crippen molar-refractivity contribution in [3.8, 4) is 11.4 Å². The van der Waals surface area contributed by atoms with Crippen molar-refractivity contribution in [1.29, 1.82) is 0 Å². The van der Waals surface area contributed by atoms with E-state index in [1.54, 1.807) is 4.68 Å². The van der Waals surface area contributed by atoms with Gasteiger partial charge in [-0.1, -0.05) is 60.8 Å². The smallest absolute Gasteiger partial charge is 0.206 e. The van der Waals surface area contributed by atoms with Gasteiger partial charge >= 0.3 is 0 Å². The monoisotopic (exact) mass is 983 g/mol. The zero-order valence-corrected chi connectivity index (χ0v) is 42.0. The van der Waals surface area contributed by atoms with Crippen LogP contribution in [0.1, 0.15) is 134 Å². The number of hydrogen-bond donors (Lipinski definition) is 3. The van der Waals surface area contributed by atoms with E-state index in [1.807, 2.05) is 71.4 Å². The zero-order chi connectivity index (χ0) is 48.7. The summed E-state index contributed by atoms with van der Waals surface area (Å²) < 4.78 is 3.64. The minimum Gasteiger partial charge on any atom is -0.388 e. The molecule has 0 spiro atoms. The highest BCUT2D eigenvalue weighted by Crippen LogP contribution is 2.44. The molecule has 0 amide bonds. The molecular formula is C56H71ClN10O4. The lowest BCUT2D eigenvalue weighted by atomic mass is 9.81. The van der Waals surface area contributed by atoms with Gasteiger partial charge in [0.15, 0.2) is 11.3 Å². The molecule has 12 rings (SSSR count). The third-order valence-corrected chi connectivity index (χ3v) is 16.2. The lowest BCUT2D eigenvalue weighted by Crippen LogP contribution is -2.38. The number of hydrogen-bond acceptors (Lipinski definition) is 12. The largest absolute Gasteiger partial charge is 0.388 e. The molecular weight excluding hydrogens is 912 g/mol. The van der Waals surface area contributed by atoms with E-state index in [-0.39, 0.29) is 11.5 Å². The van der Waals surface area contributed by atoms with Crippen LogP contribution in [0.25, 0.3) is 33.4 Å². The number of anilines is 1. The first kappa shape index (κ1) is 49.5. The zero-order valence-electron chi connectivity index (χ0n) is 41.2. The van der Waals surface area contributed by atoms with Crippen LogP contribution in [0, 0.1) is 11.8 Å². The van der Waals surface area contributed by atoms with Crippen LogP contribution in [-0.4, -0.2) is 140 Å². The van der Waals surface area contributed by atoms with Crippen LogP contribution in [-0.2, 0) is 0 Å². The van der Waals surface area contributed by atoms with Crippen LogP contribution in [0.15, 0.2) is 72.8 Å². The number of aromatic nitrogens is 6. The second kappa shape index (κ2) is 23.2. The van der Waals surface area contributed by atoms with Crippen molar-refractivity contribution in [2.45, 2.75) is 102 Å². The maximum absolute atomic E-state index is 12.6. The number of aliphatic hydroxyl groups excluding tert-OH is 2. The lowest BCUT2D eigenvalue weighted by molar-refractivity contribution is 0.0893. The molecule has 0 atom stereocenters. The van der Waals surface area contributed by atoms with Gasteiger partial charge in [-0.05, 0) is 165 Å². The number of benzene rings is 2. The Morgan fingerprint density at radius 2 is 1.01 bits per heavy atom. The summed E-state index contributed by atoms with van der Waals surface area (Å²) in [5.41, 5.74) is 6.71. The average molecular weight is 984 g/mol. The van der Waals surface area contributed by atoms with Crippen LogP contribution in [0.2, 0.25) is 5.02 Å². The van der Waals surface area contributed by atoms with Crippen LogP contribution in [0.5, 0.6) is 0 Å². The quantitative estimate of drug-likeness (QED) is 0.0947. The van der Waals surface area contributed by atoms with Crippen LogP contribution in [0.4, 0.5) is 5.69 Å². The van der Waals surface area contributed by atoms with Gasteiger partial charge in [-0.2, -0.15) is 10.2 Å². The van der Waals surface area contributed by atoms with E-state index in [2.05, 4.69) is 25.0 Å². The number of carbonyl (C=O) groups excluding carboxylic acids is 2. The topological polar surface area (TPSA) is 158 Å². The number of Topliss-reactive ketones (excluding diaryl/α,β-unsaturated/α-hetero) is 2. The van der Waals surface area contributed by atoms with Crippen molar-refractivity contribution in [1.82, 2.24) is 44.6 Å². The summed E-state index contributed by atoms with van der Waals surface area (Å²) in [7, 11) is 0. The number of nitrogens with one attached hydrogen (secondary N) is 1. The van der Waals surface area contributed by atoms with E-state index in [9.17, 15) is 14.7 Å². The molecule has 2 saturated carbocycles. The molecule has 4 aromatic heterocycles. The molecule has 71 heavy (non-hydrogen) atoms. The fourth-order valence-corrected chi connectivity index (χ4v) is 11.7. The Hall–Kier alpha value is -5.09. The SMILES string of the molecule is C1CCN(CC2CCNCC2)C1.O=C(CO)c1cc(Cl)c2c(C3CCC3)nn(-c3ccccc3)c2n1.O=C(CO)c1cc(N2CCC(CN3CCCC3)CC2)c2c(C3CCC3)nn(-c3ccccc3)c2n1. The van der Waals surface area contributed by atoms with Gasteiger partial charge in [-0.3, -0.25) is 9.59 Å². The number of likely N-dealkylation sites (tertiary alicyclic amines) is 2. The molecule has 4 aliphatic heterocycles. The second-order valence-corrected chi connectivity index (χ2v) is 21.1. The molecule has 0 bridgehead atoms. The number of fused-ring (bicyclic) bond motifs is 2. The van der Waals surface area contributed by atoms with Gasteiger partial charge in [0.1, 0.15) is 24.6 Å². The molecule has 6 fully saturated rings. The van der Waals surface area contributed by atoms with Gasteiger partial charge in [0.2, 0.25) is 11.6 Å². The predicted octanol–water partition coefficient (Wildman–Crippen LogP) is 8.77. The van der Waals surface area contributed by atoms with E-state index in [4.69, 9.17) is 31.9 Å². The first-order valence-corrected chi connectivity index (χ1v) is 27.0. The summed E-state index contributed by atoms with van der Waals surface area (Å²) in [6.07, 6.45) is 17.6. The Morgan fingerprint density at radius 3 is 1.48 bits per heavy atom. The number of piperidine rings is 2. The van der Waals surface area contributed by atoms with Gasteiger partial charge < -0.3 is 30.2 Å². The number of halogens is 1. The molecule has 0 unspecified atom stereocenters.